The van der Waals surface area contributed by atoms with Crippen LogP contribution < -0.4 is 4.74 Å². The van der Waals surface area contributed by atoms with E-state index in [4.69, 9.17) is 9.47 Å². The van der Waals surface area contributed by atoms with E-state index < -0.39 is 0 Å². The molecule has 0 saturated heterocycles. The van der Waals surface area contributed by atoms with Crippen molar-refractivity contribution in [3.05, 3.63) is 23.8 Å². The summed E-state index contributed by atoms with van der Waals surface area (Å²) in [4.78, 5) is 10.4. The van der Waals surface area contributed by atoms with E-state index in [0.717, 1.165) is 6.42 Å². The summed E-state index contributed by atoms with van der Waals surface area (Å²) >= 11 is 0. The third-order valence-corrected chi connectivity index (χ3v) is 1.87. The van der Waals surface area contributed by atoms with Crippen LogP contribution in [0.3, 0.4) is 0 Å². The van der Waals surface area contributed by atoms with Gasteiger partial charge in [-0.2, -0.15) is 0 Å². The van der Waals surface area contributed by atoms with Crippen molar-refractivity contribution in [2.75, 3.05) is 20.3 Å². The predicted octanol–water partition coefficient (Wildman–Crippen LogP) is 1.62. The highest BCUT2D eigenvalue weighted by atomic mass is 16.5. The number of methoxy groups -OCH3 is 1. The topological polar surface area (TPSA) is 55.8 Å². The molecular formula is C11H14O4. The average molecular weight is 210 g/mol. The van der Waals surface area contributed by atoms with Crippen LogP contribution in [0, 0.1) is 0 Å². The number of carbonyl (C=O) groups excluding carboxylic acids is 1. The average Bonchev–Trinajstić information content (AvgIpc) is 2.26. The van der Waals surface area contributed by atoms with E-state index in [2.05, 4.69) is 0 Å². The predicted molar refractivity (Wildman–Crippen MR) is 55.5 cm³/mol. The normalized spacial score (nSPS) is 9.93. The molecule has 1 N–H and O–H groups in total. The second-order valence-electron chi connectivity index (χ2n) is 3.04. The van der Waals surface area contributed by atoms with Gasteiger partial charge in [0.1, 0.15) is 6.29 Å². The van der Waals surface area contributed by atoms with Gasteiger partial charge in [0.05, 0.1) is 6.61 Å². The molecule has 82 valence electrons. The summed E-state index contributed by atoms with van der Waals surface area (Å²) < 4.78 is 10.2. The van der Waals surface area contributed by atoms with Gasteiger partial charge in [0, 0.05) is 25.7 Å². The number of aromatic hydroxyl groups is 1. The molecule has 0 unspecified atom stereocenters. The highest BCUT2D eigenvalue weighted by Gasteiger charge is 2.02. The molecule has 0 aliphatic heterocycles. The Labute approximate surface area is 88.4 Å². The minimum atomic E-state index is -0.0167. The summed E-state index contributed by atoms with van der Waals surface area (Å²) in [5.74, 6) is 0.369. The van der Waals surface area contributed by atoms with Gasteiger partial charge in [-0.1, -0.05) is 0 Å². The van der Waals surface area contributed by atoms with Gasteiger partial charge in [-0.25, -0.2) is 0 Å². The first kappa shape index (κ1) is 11.5. The van der Waals surface area contributed by atoms with Gasteiger partial charge < -0.3 is 14.6 Å². The van der Waals surface area contributed by atoms with Crippen molar-refractivity contribution in [1.82, 2.24) is 0 Å². The number of hydrogen-bond acceptors (Lipinski definition) is 4. The third kappa shape index (κ3) is 3.59. The zero-order chi connectivity index (χ0) is 11.1. The minimum absolute atomic E-state index is 0.0167. The SMILES string of the molecule is COCCCOc1ccc(C=O)cc1O. The summed E-state index contributed by atoms with van der Waals surface area (Å²) in [5.41, 5.74) is 0.428. The Kier molecular flexibility index (Phi) is 4.63. The van der Waals surface area contributed by atoms with Crippen molar-refractivity contribution in [2.45, 2.75) is 6.42 Å². The molecule has 0 bridgehead atoms. The van der Waals surface area contributed by atoms with Crippen LogP contribution in [0.1, 0.15) is 16.8 Å². The molecule has 0 atom stereocenters. The molecule has 0 aliphatic rings. The fraction of sp³-hybridized carbons (Fsp3) is 0.364. The number of hydrogen-bond donors (Lipinski definition) is 1. The van der Waals surface area contributed by atoms with Gasteiger partial charge in [-0.05, 0) is 18.2 Å². The molecule has 0 heterocycles. The minimum Gasteiger partial charge on any atom is -0.504 e. The molecule has 0 fully saturated rings. The van der Waals surface area contributed by atoms with Crippen LogP contribution in [-0.4, -0.2) is 31.7 Å². The number of aldehydes is 1. The highest BCUT2D eigenvalue weighted by molar-refractivity contribution is 5.76. The van der Waals surface area contributed by atoms with Crippen molar-refractivity contribution in [3.63, 3.8) is 0 Å². The number of carbonyl (C=O) groups is 1. The Hall–Kier alpha value is -1.55. The van der Waals surface area contributed by atoms with Gasteiger partial charge in [-0.3, -0.25) is 4.79 Å². The van der Waals surface area contributed by atoms with Crippen LogP contribution in [0.15, 0.2) is 18.2 Å². The highest BCUT2D eigenvalue weighted by Crippen LogP contribution is 2.26. The Morgan fingerprint density at radius 3 is 2.80 bits per heavy atom. The third-order valence-electron chi connectivity index (χ3n) is 1.87. The zero-order valence-electron chi connectivity index (χ0n) is 8.60. The Morgan fingerprint density at radius 2 is 2.20 bits per heavy atom. The molecule has 0 saturated carbocycles. The van der Waals surface area contributed by atoms with E-state index in [0.29, 0.717) is 30.8 Å². The molecule has 15 heavy (non-hydrogen) atoms. The van der Waals surface area contributed by atoms with E-state index in [-0.39, 0.29) is 5.75 Å². The van der Waals surface area contributed by atoms with Gasteiger partial charge in [0.25, 0.3) is 0 Å². The maximum Gasteiger partial charge on any atom is 0.160 e. The fourth-order valence-electron chi connectivity index (χ4n) is 1.12. The molecule has 4 heteroatoms. The van der Waals surface area contributed by atoms with Crippen molar-refractivity contribution in [3.8, 4) is 11.5 Å². The van der Waals surface area contributed by atoms with Gasteiger partial charge in [0.15, 0.2) is 11.5 Å². The van der Waals surface area contributed by atoms with Crippen molar-refractivity contribution in [2.24, 2.45) is 0 Å². The summed E-state index contributed by atoms with van der Waals surface area (Å²) in [6, 6.07) is 4.54. The number of benzene rings is 1. The first-order valence-corrected chi connectivity index (χ1v) is 4.68. The maximum absolute atomic E-state index is 10.4. The largest absolute Gasteiger partial charge is 0.504 e. The lowest BCUT2D eigenvalue weighted by atomic mass is 10.2. The molecule has 0 amide bonds. The first-order chi connectivity index (χ1) is 7.27. The van der Waals surface area contributed by atoms with Crippen molar-refractivity contribution < 1.29 is 19.4 Å². The molecule has 0 aliphatic carbocycles. The number of phenolic OH excluding ortho intramolecular Hbond substituents is 1. The standard InChI is InChI=1S/C11H14O4/c1-14-5-2-6-15-11-4-3-9(8-12)7-10(11)13/h3-4,7-8,13H,2,5-6H2,1H3. The molecule has 1 rings (SSSR count). The van der Waals surface area contributed by atoms with E-state index in [1.54, 1.807) is 19.2 Å². The second-order valence-corrected chi connectivity index (χ2v) is 3.04. The van der Waals surface area contributed by atoms with Crippen LogP contribution in [-0.2, 0) is 4.74 Å². The quantitative estimate of drug-likeness (QED) is 0.572. The number of phenols is 1. The van der Waals surface area contributed by atoms with Crippen LogP contribution >= 0.6 is 0 Å². The molecular weight excluding hydrogens is 196 g/mol. The van der Waals surface area contributed by atoms with Crippen LogP contribution in [0.2, 0.25) is 0 Å². The molecule has 0 radical (unpaired) electrons. The van der Waals surface area contributed by atoms with Gasteiger partial charge in [-0.15, -0.1) is 0 Å². The maximum atomic E-state index is 10.4. The summed E-state index contributed by atoms with van der Waals surface area (Å²) in [5, 5.41) is 9.46. The summed E-state index contributed by atoms with van der Waals surface area (Å²) in [6.45, 7) is 1.09. The lowest BCUT2D eigenvalue weighted by Crippen LogP contribution is -2.01. The lowest BCUT2D eigenvalue weighted by molar-refractivity contribution is 0.112. The second kappa shape index (κ2) is 6.03. The Morgan fingerprint density at radius 1 is 1.40 bits per heavy atom. The monoisotopic (exact) mass is 210 g/mol. The number of rotatable bonds is 6. The van der Waals surface area contributed by atoms with Gasteiger partial charge in [0.2, 0.25) is 0 Å². The summed E-state index contributed by atoms with van der Waals surface area (Å²) in [7, 11) is 1.62. The van der Waals surface area contributed by atoms with Crippen molar-refractivity contribution in [1.29, 1.82) is 0 Å². The molecule has 4 nitrogen and oxygen atoms in total. The smallest absolute Gasteiger partial charge is 0.160 e. The summed E-state index contributed by atoms with van der Waals surface area (Å²) in [6.07, 6.45) is 1.43. The lowest BCUT2D eigenvalue weighted by Gasteiger charge is -2.07. The molecule has 0 aromatic heterocycles. The molecule has 1 aromatic carbocycles. The first-order valence-electron chi connectivity index (χ1n) is 4.68. The van der Waals surface area contributed by atoms with Gasteiger partial charge >= 0.3 is 0 Å². The van der Waals surface area contributed by atoms with Crippen LogP contribution in [0.4, 0.5) is 0 Å². The fourth-order valence-corrected chi connectivity index (χ4v) is 1.12. The number of ether oxygens (including phenoxy) is 2. The van der Waals surface area contributed by atoms with Crippen LogP contribution in [0.5, 0.6) is 11.5 Å². The molecule has 0 spiro atoms. The van der Waals surface area contributed by atoms with E-state index >= 15 is 0 Å². The zero-order valence-corrected chi connectivity index (χ0v) is 8.60. The van der Waals surface area contributed by atoms with Crippen LogP contribution in [0.25, 0.3) is 0 Å². The van der Waals surface area contributed by atoms with E-state index in [1.807, 2.05) is 0 Å². The molecule has 1 aromatic rings. The van der Waals surface area contributed by atoms with E-state index in [9.17, 15) is 9.90 Å². The van der Waals surface area contributed by atoms with Crippen molar-refractivity contribution >= 4 is 6.29 Å². The Balaban J connectivity index is 2.50. The Bertz CT molecular complexity index is 322. The van der Waals surface area contributed by atoms with E-state index in [1.165, 1.54) is 6.07 Å².